The molecular formula is C20H30N4O. The van der Waals surface area contributed by atoms with Crippen LogP contribution < -0.4 is 5.73 Å². The summed E-state index contributed by atoms with van der Waals surface area (Å²) in [6.07, 6.45) is 3.78. The molecule has 0 saturated carbocycles. The Labute approximate surface area is 150 Å². The van der Waals surface area contributed by atoms with E-state index in [1.165, 1.54) is 0 Å². The van der Waals surface area contributed by atoms with Gasteiger partial charge >= 0.3 is 0 Å². The molecule has 25 heavy (non-hydrogen) atoms. The van der Waals surface area contributed by atoms with Gasteiger partial charge in [0.1, 0.15) is 0 Å². The number of amides is 1. The lowest BCUT2D eigenvalue weighted by atomic mass is 9.85. The Balaban J connectivity index is 2.39. The highest BCUT2D eigenvalue weighted by Gasteiger charge is 2.32. The van der Waals surface area contributed by atoms with Crippen LogP contribution in [0.4, 0.5) is 0 Å². The van der Waals surface area contributed by atoms with E-state index in [0.717, 1.165) is 30.3 Å². The summed E-state index contributed by atoms with van der Waals surface area (Å²) in [5.74, 6) is -0.0796. The van der Waals surface area contributed by atoms with E-state index < -0.39 is 0 Å². The summed E-state index contributed by atoms with van der Waals surface area (Å²) >= 11 is 0. The van der Waals surface area contributed by atoms with Crippen LogP contribution in [0.1, 0.15) is 44.1 Å². The average molecular weight is 342 g/mol. The van der Waals surface area contributed by atoms with Crippen molar-refractivity contribution in [1.29, 1.82) is 0 Å². The number of unbranched alkanes of at least 4 members (excludes halogenated alkanes) is 1. The van der Waals surface area contributed by atoms with Crippen molar-refractivity contribution < 1.29 is 4.79 Å². The molecule has 1 aromatic heterocycles. The van der Waals surface area contributed by atoms with Gasteiger partial charge in [-0.1, -0.05) is 45.0 Å². The van der Waals surface area contributed by atoms with Crippen LogP contribution in [0.3, 0.4) is 0 Å². The molecule has 0 bridgehead atoms. The van der Waals surface area contributed by atoms with Crippen LogP contribution in [0.2, 0.25) is 0 Å². The Morgan fingerprint density at radius 1 is 1.40 bits per heavy atom. The van der Waals surface area contributed by atoms with Crippen LogP contribution in [0.5, 0.6) is 0 Å². The van der Waals surface area contributed by atoms with Gasteiger partial charge in [-0.15, -0.1) is 6.58 Å². The maximum Gasteiger partial charge on any atom is 0.275 e. The molecule has 0 aliphatic carbocycles. The lowest BCUT2D eigenvalue weighted by Gasteiger charge is -2.37. The van der Waals surface area contributed by atoms with Crippen LogP contribution in [-0.2, 0) is 6.54 Å². The van der Waals surface area contributed by atoms with Gasteiger partial charge in [-0.3, -0.25) is 9.48 Å². The van der Waals surface area contributed by atoms with Gasteiger partial charge in [0, 0.05) is 31.6 Å². The number of allylic oxidation sites excluding steroid dienone is 1. The largest absolute Gasteiger partial charge is 0.336 e. The maximum atomic E-state index is 13.1. The van der Waals surface area contributed by atoms with Crippen LogP contribution in [0, 0.1) is 5.41 Å². The molecule has 136 valence electrons. The summed E-state index contributed by atoms with van der Waals surface area (Å²) in [4.78, 5) is 14.9. The summed E-state index contributed by atoms with van der Waals surface area (Å²) < 4.78 is 1.93. The number of aromatic nitrogens is 2. The number of likely N-dealkylation sites (N-methyl/N-ethyl adjacent to an activating group) is 1. The third-order valence-corrected chi connectivity index (χ3v) is 4.65. The molecule has 1 heterocycles. The van der Waals surface area contributed by atoms with Gasteiger partial charge < -0.3 is 10.6 Å². The molecule has 5 heteroatoms. The summed E-state index contributed by atoms with van der Waals surface area (Å²) in [6.45, 7) is 11.2. The zero-order valence-corrected chi connectivity index (χ0v) is 15.8. The highest BCUT2D eigenvalue weighted by atomic mass is 16.2. The third-order valence-electron chi connectivity index (χ3n) is 4.65. The van der Waals surface area contributed by atoms with E-state index in [1.807, 2.05) is 42.1 Å². The molecule has 1 aromatic carbocycles. The summed E-state index contributed by atoms with van der Waals surface area (Å²) in [5, 5.41) is 5.52. The first kappa shape index (κ1) is 19.2. The highest BCUT2D eigenvalue weighted by Crippen LogP contribution is 2.26. The Kier molecular flexibility index (Phi) is 6.01. The van der Waals surface area contributed by atoms with Gasteiger partial charge in [-0.25, -0.2) is 0 Å². The molecule has 0 aliphatic heterocycles. The molecule has 1 atom stereocenters. The predicted octanol–water partition coefficient (Wildman–Crippen LogP) is 3.45. The van der Waals surface area contributed by atoms with E-state index in [2.05, 4.69) is 32.4 Å². The minimum atomic E-state index is -0.0957. The van der Waals surface area contributed by atoms with Crippen molar-refractivity contribution in [3.63, 3.8) is 0 Å². The van der Waals surface area contributed by atoms with E-state index in [-0.39, 0.29) is 17.4 Å². The van der Waals surface area contributed by atoms with Crippen LogP contribution in [0.15, 0.2) is 36.9 Å². The van der Waals surface area contributed by atoms with Crippen molar-refractivity contribution in [2.45, 2.75) is 46.2 Å². The normalized spacial score (nSPS) is 13.0. The van der Waals surface area contributed by atoms with E-state index >= 15 is 0 Å². The van der Waals surface area contributed by atoms with Crippen molar-refractivity contribution in [3.8, 4) is 0 Å². The molecule has 0 spiro atoms. The van der Waals surface area contributed by atoms with E-state index in [9.17, 15) is 4.79 Å². The van der Waals surface area contributed by atoms with Crippen LogP contribution >= 0.6 is 0 Å². The van der Waals surface area contributed by atoms with Crippen molar-refractivity contribution in [1.82, 2.24) is 14.7 Å². The average Bonchev–Trinajstić information content (AvgIpc) is 2.93. The lowest BCUT2D eigenvalue weighted by Crippen LogP contribution is -2.49. The number of nitrogens with two attached hydrogens (primary N) is 1. The second-order valence-electron chi connectivity index (χ2n) is 7.55. The van der Waals surface area contributed by atoms with Gasteiger partial charge in [-0.05, 0) is 24.3 Å². The van der Waals surface area contributed by atoms with Crippen molar-refractivity contribution >= 4 is 16.8 Å². The number of rotatable bonds is 7. The number of aryl methyl sites for hydroxylation is 1. The first-order valence-corrected chi connectivity index (χ1v) is 8.85. The SMILES string of the molecule is C=CCCCn1nc(C(=O)N(C)C(CN)C(C)(C)C)c2ccccc21. The molecule has 2 aromatic rings. The minimum absolute atomic E-state index is 0.0512. The second-order valence-corrected chi connectivity index (χ2v) is 7.55. The maximum absolute atomic E-state index is 13.1. The number of para-hydroxylation sites is 1. The topological polar surface area (TPSA) is 64.2 Å². The highest BCUT2D eigenvalue weighted by molar-refractivity contribution is 6.04. The standard InChI is InChI=1S/C20H30N4O/c1-6-7-10-13-24-16-12-9-8-11-15(16)18(22-24)19(25)23(5)17(14-21)20(2,3)4/h6,8-9,11-12,17H,1,7,10,13-14,21H2,2-5H3. The first-order chi connectivity index (χ1) is 11.8. The number of nitrogens with zero attached hydrogens (tertiary/aromatic N) is 3. The number of fused-ring (bicyclic) bond motifs is 1. The Morgan fingerprint density at radius 2 is 2.08 bits per heavy atom. The molecule has 0 fully saturated rings. The van der Waals surface area contributed by atoms with E-state index in [0.29, 0.717) is 12.2 Å². The predicted molar refractivity (Wildman–Crippen MR) is 104 cm³/mol. The lowest BCUT2D eigenvalue weighted by molar-refractivity contribution is 0.0607. The molecule has 0 saturated heterocycles. The minimum Gasteiger partial charge on any atom is -0.336 e. The fraction of sp³-hybridized carbons (Fsp3) is 0.500. The number of carbonyl (C=O) groups is 1. The molecule has 1 unspecified atom stereocenters. The number of carbonyl (C=O) groups excluding carboxylic acids is 1. The number of hydrogen-bond donors (Lipinski definition) is 1. The molecule has 2 rings (SSSR count). The Bertz CT molecular complexity index is 742. The van der Waals surface area contributed by atoms with Crippen molar-refractivity contribution in [3.05, 3.63) is 42.6 Å². The monoisotopic (exact) mass is 342 g/mol. The molecule has 0 radical (unpaired) electrons. The smallest absolute Gasteiger partial charge is 0.275 e. The zero-order valence-electron chi connectivity index (χ0n) is 15.8. The fourth-order valence-electron chi connectivity index (χ4n) is 3.24. The molecular weight excluding hydrogens is 312 g/mol. The first-order valence-electron chi connectivity index (χ1n) is 8.85. The van der Waals surface area contributed by atoms with Gasteiger partial charge in [0.25, 0.3) is 5.91 Å². The van der Waals surface area contributed by atoms with E-state index in [1.54, 1.807) is 4.90 Å². The number of benzene rings is 1. The molecule has 1 amide bonds. The zero-order chi connectivity index (χ0) is 18.6. The Morgan fingerprint density at radius 3 is 2.68 bits per heavy atom. The Hall–Kier alpha value is -2.14. The molecule has 2 N–H and O–H groups in total. The summed E-state index contributed by atoms with van der Waals surface area (Å²) in [5.41, 5.74) is 7.34. The van der Waals surface area contributed by atoms with Gasteiger partial charge in [0.2, 0.25) is 0 Å². The summed E-state index contributed by atoms with van der Waals surface area (Å²) in [7, 11) is 1.82. The molecule has 5 nitrogen and oxygen atoms in total. The quantitative estimate of drug-likeness (QED) is 0.619. The number of hydrogen-bond acceptors (Lipinski definition) is 3. The fourth-order valence-corrected chi connectivity index (χ4v) is 3.24. The molecule has 0 aliphatic rings. The second kappa shape index (κ2) is 7.83. The van der Waals surface area contributed by atoms with Crippen molar-refractivity contribution in [2.24, 2.45) is 11.1 Å². The summed E-state index contributed by atoms with van der Waals surface area (Å²) in [6, 6.07) is 7.84. The van der Waals surface area contributed by atoms with Gasteiger partial charge in [0.15, 0.2) is 5.69 Å². The van der Waals surface area contributed by atoms with Gasteiger partial charge in [0.05, 0.1) is 5.52 Å². The van der Waals surface area contributed by atoms with Crippen LogP contribution in [-0.4, -0.2) is 40.2 Å². The van der Waals surface area contributed by atoms with E-state index in [4.69, 9.17) is 5.73 Å². The third kappa shape index (κ3) is 4.10. The van der Waals surface area contributed by atoms with Crippen LogP contribution in [0.25, 0.3) is 10.9 Å². The van der Waals surface area contributed by atoms with Crippen molar-refractivity contribution in [2.75, 3.05) is 13.6 Å². The van der Waals surface area contributed by atoms with Gasteiger partial charge in [-0.2, -0.15) is 5.10 Å².